The van der Waals surface area contributed by atoms with E-state index in [-0.39, 0.29) is 0 Å². The summed E-state index contributed by atoms with van der Waals surface area (Å²) in [4.78, 5) is 8.17. The zero-order valence-electron chi connectivity index (χ0n) is 5.77. The van der Waals surface area contributed by atoms with E-state index < -0.39 is 0 Å². The second kappa shape index (κ2) is 2.46. The van der Waals surface area contributed by atoms with Gasteiger partial charge in [0.15, 0.2) is 0 Å². The average Bonchev–Trinajstić information content (AvgIpc) is 2.50. The lowest BCUT2D eigenvalue weighted by atomic mass is 10.7. The summed E-state index contributed by atoms with van der Waals surface area (Å²) in [5.41, 5.74) is 1.12. The van der Waals surface area contributed by atoms with Gasteiger partial charge in [-0.25, -0.2) is 9.97 Å². The lowest BCUT2D eigenvalue weighted by Gasteiger charge is -1.89. The molecular formula is C5H5N5S. The number of H-pyrrole nitrogens is 1. The molecule has 11 heavy (non-hydrogen) atoms. The van der Waals surface area contributed by atoms with Crippen LogP contribution in [0, 0.1) is 0 Å². The second-order valence-corrected chi connectivity index (χ2v) is 2.71. The van der Waals surface area contributed by atoms with Crippen molar-refractivity contribution in [3.05, 3.63) is 6.20 Å². The van der Waals surface area contributed by atoms with Crippen LogP contribution < -0.4 is 0 Å². The molecule has 0 atom stereocenters. The third-order valence-corrected chi connectivity index (χ3v) is 1.85. The molecule has 2 aromatic rings. The SMILES string of the molecule is CSc1cnc2n[nH]nc2n1. The van der Waals surface area contributed by atoms with Crippen molar-refractivity contribution < 1.29 is 0 Å². The summed E-state index contributed by atoms with van der Waals surface area (Å²) in [5, 5.41) is 10.9. The van der Waals surface area contributed by atoms with Gasteiger partial charge in [0.1, 0.15) is 5.03 Å². The number of aromatic amines is 1. The third kappa shape index (κ3) is 1.05. The predicted molar refractivity (Wildman–Crippen MR) is 41.3 cm³/mol. The predicted octanol–water partition coefficient (Wildman–Crippen LogP) is 0.470. The highest BCUT2D eigenvalue weighted by molar-refractivity contribution is 7.98. The molecule has 5 nitrogen and oxygen atoms in total. The van der Waals surface area contributed by atoms with Crippen LogP contribution in [0.15, 0.2) is 11.2 Å². The summed E-state index contributed by atoms with van der Waals surface area (Å²) >= 11 is 1.53. The molecule has 0 amide bonds. The number of aromatic nitrogens is 5. The zero-order valence-corrected chi connectivity index (χ0v) is 6.59. The number of nitrogens with one attached hydrogen (secondary N) is 1. The first-order valence-electron chi connectivity index (χ1n) is 2.97. The molecule has 0 saturated heterocycles. The van der Waals surface area contributed by atoms with E-state index in [0.29, 0.717) is 11.3 Å². The Labute approximate surface area is 66.6 Å². The van der Waals surface area contributed by atoms with Gasteiger partial charge >= 0.3 is 0 Å². The maximum atomic E-state index is 4.15. The molecule has 0 radical (unpaired) electrons. The fourth-order valence-electron chi connectivity index (χ4n) is 0.729. The van der Waals surface area contributed by atoms with E-state index in [0.717, 1.165) is 5.03 Å². The molecule has 6 heteroatoms. The lowest BCUT2D eigenvalue weighted by Crippen LogP contribution is -1.83. The van der Waals surface area contributed by atoms with Crippen LogP contribution in [0.2, 0.25) is 0 Å². The first-order chi connectivity index (χ1) is 5.40. The number of nitrogens with zero attached hydrogens (tertiary/aromatic N) is 4. The van der Waals surface area contributed by atoms with Gasteiger partial charge in [0, 0.05) is 0 Å². The molecule has 0 aromatic carbocycles. The van der Waals surface area contributed by atoms with Gasteiger partial charge in [-0.05, 0) is 6.26 Å². The first kappa shape index (κ1) is 6.53. The first-order valence-corrected chi connectivity index (χ1v) is 4.20. The van der Waals surface area contributed by atoms with Gasteiger partial charge in [0.25, 0.3) is 0 Å². The summed E-state index contributed by atoms with van der Waals surface area (Å²) in [6.45, 7) is 0. The monoisotopic (exact) mass is 167 g/mol. The highest BCUT2D eigenvalue weighted by atomic mass is 32.2. The smallest absolute Gasteiger partial charge is 0.221 e. The standard InChI is InChI=1S/C5H5N5S/c1-11-3-2-6-4-5(7-3)9-10-8-4/h2H,1H3,(H,6,7,8,9,10). The molecule has 0 spiro atoms. The van der Waals surface area contributed by atoms with Crippen molar-refractivity contribution in [2.24, 2.45) is 0 Å². The molecule has 0 unspecified atom stereocenters. The second-order valence-electron chi connectivity index (χ2n) is 1.88. The molecule has 0 aliphatic carbocycles. The van der Waals surface area contributed by atoms with Crippen molar-refractivity contribution in [3.8, 4) is 0 Å². The van der Waals surface area contributed by atoms with E-state index in [9.17, 15) is 0 Å². The van der Waals surface area contributed by atoms with Crippen molar-refractivity contribution >= 4 is 23.1 Å². The Kier molecular flexibility index (Phi) is 1.46. The number of thioether (sulfide) groups is 1. The molecule has 0 bridgehead atoms. The molecule has 2 aromatic heterocycles. The molecule has 0 fully saturated rings. The van der Waals surface area contributed by atoms with E-state index in [4.69, 9.17) is 0 Å². The molecule has 0 aliphatic heterocycles. The molecule has 2 rings (SSSR count). The lowest BCUT2D eigenvalue weighted by molar-refractivity contribution is 0.950. The van der Waals surface area contributed by atoms with Gasteiger partial charge in [0.05, 0.1) is 6.20 Å². The molecule has 0 aliphatic rings. The van der Waals surface area contributed by atoms with Crippen LogP contribution in [0.5, 0.6) is 0 Å². The van der Waals surface area contributed by atoms with E-state index in [1.54, 1.807) is 6.20 Å². The van der Waals surface area contributed by atoms with Gasteiger partial charge in [-0.15, -0.1) is 22.0 Å². The van der Waals surface area contributed by atoms with Crippen molar-refractivity contribution in [1.29, 1.82) is 0 Å². The topological polar surface area (TPSA) is 67.3 Å². The maximum absolute atomic E-state index is 4.15. The Morgan fingerprint density at radius 2 is 2.18 bits per heavy atom. The van der Waals surface area contributed by atoms with Crippen molar-refractivity contribution in [1.82, 2.24) is 25.4 Å². The molecule has 0 saturated carbocycles. The Morgan fingerprint density at radius 1 is 1.36 bits per heavy atom. The molecule has 1 N–H and O–H groups in total. The van der Waals surface area contributed by atoms with Gasteiger partial charge in [-0.3, -0.25) is 0 Å². The van der Waals surface area contributed by atoms with Crippen LogP contribution in [0.3, 0.4) is 0 Å². The molecule has 2 heterocycles. The van der Waals surface area contributed by atoms with E-state index in [1.165, 1.54) is 11.8 Å². The summed E-state index contributed by atoms with van der Waals surface area (Å²) in [5.74, 6) is 0. The minimum Gasteiger partial charge on any atom is -0.229 e. The van der Waals surface area contributed by atoms with Crippen LogP contribution in [0.1, 0.15) is 0 Å². The Balaban J connectivity index is 2.67. The number of hydrogen-bond donors (Lipinski definition) is 1. The number of hydrogen-bond acceptors (Lipinski definition) is 5. The Bertz CT molecular complexity index is 370. The summed E-state index contributed by atoms with van der Waals surface area (Å²) in [6, 6.07) is 0. The molecule has 56 valence electrons. The Morgan fingerprint density at radius 3 is 3.00 bits per heavy atom. The highest BCUT2D eigenvalue weighted by Gasteiger charge is 2.00. The van der Waals surface area contributed by atoms with E-state index >= 15 is 0 Å². The Hall–Kier alpha value is -1.17. The van der Waals surface area contributed by atoms with Crippen molar-refractivity contribution in [3.63, 3.8) is 0 Å². The zero-order chi connectivity index (χ0) is 7.68. The van der Waals surface area contributed by atoms with Crippen LogP contribution in [-0.4, -0.2) is 31.6 Å². The minimum absolute atomic E-state index is 0.558. The van der Waals surface area contributed by atoms with Gasteiger partial charge in [-0.1, -0.05) is 0 Å². The van der Waals surface area contributed by atoms with Crippen LogP contribution >= 0.6 is 11.8 Å². The van der Waals surface area contributed by atoms with Crippen LogP contribution in [0.25, 0.3) is 11.3 Å². The molecular weight excluding hydrogens is 162 g/mol. The number of fused-ring (bicyclic) bond motifs is 1. The van der Waals surface area contributed by atoms with E-state index in [1.807, 2.05) is 6.26 Å². The largest absolute Gasteiger partial charge is 0.229 e. The van der Waals surface area contributed by atoms with Gasteiger partial charge in [-0.2, -0.15) is 5.21 Å². The van der Waals surface area contributed by atoms with Crippen molar-refractivity contribution in [2.75, 3.05) is 6.26 Å². The minimum atomic E-state index is 0.558. The van der Waals surface area contributed by atoms with E-state index in [2.05, 4.69) is 25.4 Å². The summed E-state index contributed by atoms with van der Waals surface area (Å²) in [6.07, 6.45) is 3.62. The summed E-state index contributed by atoms with van der Waals surface area (Å²) in [7, 11) is 0. The van der Waals surface area contributed by atoms with Gasteiger partial charge < -0.3 is 0 Å². The maximum Gasteiger partial charge on any atom is 0.221 e. The normalized spacial score (nSPS) is 10.6. The third-order valence-electron chi connectivity index (χ3n) is 1.23. The van der Waals surface area contributed by atoms with Gasteiger partial charge in [0.2, 0.25) is 11.3 Å². The fraction of sp³-hybridized carbons (Fsp3) is 0.200. The quantitative estimate of drug-likeness (QED) is 0.625. The highest BCUT2D eigenvalue weighted by Crippen LogP contribution is 2.11. The van der Waals surface area contributed by atoms with Crippen LogP contribution in [0.4, 0.5) is 0 Å². The fourth-order valence-corrected chi connectivity index (χ4v) is 1.07. The van der Waals surface area contributed by atoms with Crippen LogP contribution in [-0.2, 0) is 0 Å². The summed E-state index contributed by atoms with van der Waals surface area (Å²) < 4.78 is 0. The van der Waals surface area contributed by atoms with Crippen molar-refractivity contribution in [2.45, 2.75) is 5.03 Å². The number of rotatable bonds is 1. The average molecular weight is 167 g/mol.